The first kappa shape index (κ1) is 67.3. The molecule has 0 aliphatic rings. The van der Waals surface area contributed by atoms with E-state index < -0.39 is 0 Å². The van der Waals surface area contributed by atoms with Crippen molar-refractivity contribution in [1.82, 2.24) is 0 Å². The first-order valence-electron chi connectivity index (χ1n) is 23.7. The van der Waals surface area contributed by atoms with Gasteiger partial charge in [0.05, 0.1) is 0 Å². The molecule has 0 radical (unpaired) electrons. The summed E-state index contributed by atoms with van der Waals surface area (Å²) in [4.78, 5) is 57.7. The molecule has 64 heavy (non-hydrogen) atoms. The van der Waals surface area contributed by atoms with E-state index in [2.05, 4.69) is 134 Å². The van der Waals surface area contributed by atoms with Crippen molar-refractivity contribution in [2.75, 3.05) is 5.75 Å². The molecule has 0 saturated carbocycles. The second kappa shape index (κ2) is 34.4. The first-order chi connectivity index (χ1) is 29.3. The van der Waals surface area contributed by atoms with Crippen LogP contribution in [0.25, 0.3) is 0 Å². The second-order valence-corrected chi connectivity index (χ2v) is 27.1. The average molecular weight is 986 g/mol. The predicted octanol–water partition coefficient (Wildman–Crippen LogP) is 17.5. The molecule has 0 amide bonds. The molecule has 6 unspecified atom stereocenters. The Kier molecular flexibility index (Phi) is 36.1. The van der Waals surface area contributed by atoms with Crippen LogP contribution in [-0.2, 0) is 24.0 Å². The van der Waals surface area contributed by atoms with Gasteiger partial charge in [-0.1, -0.05) is 158 Å². The molecular formula is C54H96O5S5. The summed E-state index contributed by atoms with van der Waals surface area (Å²) < 4.78 is -0.0833. The van der Waals surface area contributed by atoms with Gasteiger partial charge in [-0.05, 0) is 132 Å². The summed E-state index contributed by atoms with van der Waals surface area (Å²) in [6.45, 7) is 45.2. The fourth-order valence-electron chi connectivity index (χ4n) is 7.98. The van der Waals surface area contributed by atoms with Crippen LogP contribution in [0.5, 0.6) is 0 Å². The summed E-state index contributed by atoms with van der Waals surface area (Å²) >= 11 is 9.12. The van der Waals surface area contributed by atoms with Crippen LogP contribution >= 0.6 is 59.7 Å². The van der Waals surface area contributed by atoms with Crippen molar-refractivity contribution in [2.24, 2.45) is 27.6 Å². The van der Waals surface area contributed by atoms with Crippen molar-refractivity contribution in [3.05, 3.63) is 48.6 Å². The fraction of sp³-hybridized carbons (Fsp3) is 0.759. The molecule has 0 saturated heterocycles. The van der Waals surface area contributed by atoms with Gasteiger partial charge in [-0.15, -0.1) is 25.8 Å². The third-order valence-electron chi connectivity index (χ3n) is 12.5. The Morgan fingerprint density at radius 3 is 1.55 bits per heavy atom. The van der Waals surface area contributed by atoms with Gasteiger partial charge in [0.2, 0.25) is 0 Å². The first-order valence-corrected chi connectivity index (χ1v) is 27.7. The van der Waals surface area contributed by atoms with E-state index in [1.807, 2.05) is 6.08 Å². The molecule has 0 aromatic heterocycles. The maximum atomic E-state index is 12.4. The molecule has 0 heterocycles. The molecule has 0 aromatic rings. The van der Waals surface area contributed by atoms with Crippen LogP contribution < -0.4 is 0 Å². The van der Waals surface area contributed by atoms with E-state index in [0.29, 0.717) is 11.3 Å². The average Bonchev–Trinajstić information content (AvgIpc) is 3.15. The fourth-order valence-corrected chi connectivity index (χ4v) is 12.0. The molecule has 0 aromatic carbocycles. The molecule has 6 atom stereocenters. The molecule has 0 aliphatic carbocycles. The van der Waals surface area contributed by atoms with Gasteiger partial charge in [-0.25, -0.2) is 0 Å². The number of thiol groups is 1. The maximum Gasteiger partial charge on any atom is 0.186 e. The summed E-state index contributed by atoms with van der Waals surface area (Å²) in [5, 5.41) is 0.876. The number of rotatable bonds is 29. The van der Waals surface area contributed by atoms with Crippen LogP contribution in [0.2, 0.25) is 0 Å². The van der Waals surface area contributed by atoms with E-state index in [1.54, 1.807) is 27.7 Å². The van der Waals surface area contributed by atoms with Crippen molar-refractivity contribution in [3.63, 3.8) is 0 Å². The van der Waals surface area contributed by atoms with Gasteiger partial charge in [0, 0.05) is 55.6 Å². The van der Waals surface area contributed by atoms with Crippen molar-refractivity contribution >= 4 is 85.3 Å². The molecule has 10 heteroatoms. The van der Waals surface area contributed by atoms with E-state index in [0.717, 1.165) is 76.4 Å². The van der Waals surface area contributed by atoms with Crippen molar-refractivity contribution in [2.45, 2.75) is 230 Å². The number of allylic oxidation sites excluding steroid dienone is 6. The zero-order valence-corrected chi connectivity index (χ0v) is 48.3. The highest BCUT2D eigenvalue weighted by atomic mass is 32.2. The van der Waals surface area contributed by atoms with Crippen LogP contribution in [-0.4, -0.2) is 46.6 Å². The minimum absolute atomic E-state index is 0.0565. The molecule has 0 bridgehead atoms. The van der Waals surface area contributed by atoms with Gasteiger partial charge >= 0.3 is 0 Å². The Bertz CT molecular complexity index is 1490. The van der Waals surface area contributed by atoms with Gasteiger partial charge in [-0.2, -0.15) is 0 Å². The lowest BCUT2D eigenvalue weighted by Crippen LogP contribution is -2.36. The molecule has 5 nitrogen and oxygen atoms in total. The van der Waals surface area contributed by atoms with Gasteiger partial charge in [0.15, 0.2) is 25.6 Å². The van der Waals surface area contributed by atoms with Gasteiger partial charge in [-0.3, -0.25) is 24.0 Å². The van der Waals surface area contributed by atoms with E-state index in [1.165, 1.54) is 84.4 Å². The zero-order chi connectivity index (χ0) is 50.5. The van der Waals surface area contributed by atoms with Crippen LogP contribution in [0.1, 0.15) is 215 Å². The number of hydrogen-bond donors (Lipinski definition) is 1. The van der Waals surface area contributed by atoms with Crippen LogP contribution in [0, 0.1) is 27.6 Å². The molecular weight excluding hydrogens is 889 g/mol. The molecule has 0 N–H and O–H groups in total. The summed E-state index contributed by atoms with van der Waals surface area (Å²) in [5.74, 6) is 1.14. The SMILES string of the molecule is C=CC(C)(C)CC/C=C(\C)CC.C=CC(C)(CCC(SC(C)=O)C(C)CCCC(C)(CC/C=C(\C)CC)SC(C)=O)CC(C)(CCSC(C)=O)CC(C)(C)C(C)SC(C)=O.CC(=O)S. The molecule has 0 aliphatic heterocycles. The highest BCUT2D eigenvalue weighted by molar-refractivity contribution is 8.15. The van der Waals surface area contributed by atoms with Gasteiger partial charge < -0.3 is 0 Å². The van der Waals surface area contributed by atoms with Gasteiger partial charge in [0.1, 0.15) is 0 Å². The third kappa shape index (κ3) is 36.1. The molecule has 0 rings (SSSR count). The standard InChI is InChI=1S/C40H70O4S4.C12H22.C2H4OS/c1-15-29(3)19-17-22-40(14,48-35(9)44)23-18-20-30(4)36(47-34(8)43)21-24-38(12,16-2)28-39(13,25-26-45-32(6)41)27-37(10,11)31(5)46-33(7)42;1-6-11(3)9-8-10-12(4,5)7-2;1-2(3)4/h16,19,30-31,36H,2,15,17-18,20-28H2,1,3-14H3;7,9H,2,6,8,10H2,1,3-5H3;1H3,(H,3,4)/b29-19+;11-9+;. The van der Waals surface area contributed by atoms with Crippen LogP contribution in [0.3, 0.4) is 0 Å². The quantitative estimate of drug-likeness (QED) is 0.0582. The smallest absolute Gasteiger partial charge is 0.186 e. The summed E-state index contributed by atoms with van der Waals surface area (Å²) in [6.07, 6.45) is 23.1. The van der Waals surface area contributed by atoms with E-state index in [4.69, 9.17) is 0 Å². The predicted molar refractivity (Wildman–Crippen MR) is 296 cm³/mol. The van der Waals surface area contributed by atoms with Gasteiger partial charge in [0.25, 0.3) is 0 Å². The topological polar surface area (TPSA) is 85.3 Å². The number of carbonyl (C=O) groups excluding carboxylic acids is 5. The number of thioether (sulfide) groups is 4. The highest BCUT2D eigenvalue weighted by Gasteiger charge is 2.41. The Labute approximate surface area is 418 Å². The monoisotopic (exact) mass is 985 g/mol. The Morgan fingerprint density at radius 2 is 1.12 bits per heavy atom. The molecule has 0 spiro atoms. The van der Waals surface area contributed by atoms with E-state index in [-0.39, 0.29) is 57.1 Å². The molecule has 0 fully saturated rings. The van der Waals surface area contributed by atoms with Crippen molar-refractivity contribution < 1.29 is 24.0 Å². The summed E-state index contributed by atoms with van der Waals surface area (Å²) in [7, 11) is 0. The van der Waals surface area contributed by atoms with Crippen LogP contribution in [0.15, 0.2) is 48.6 Å². The van der Waals surface area contributed by atoms with E-state index in [9.17, 15) is 24.0 Å². The third-order valence-corrected chi connectivity index (χ3v) is 17.1. The minimum atomic E-state index is -0.140. The maximum absolute atomic E-state index is 12.4. The number of carbonyl (C=O) groups is 5. The summed E-state index contributed by atoms with van der Waals surface area (Å²) in [6, 6.07) is 0. The Hall–Kier alpha value is -0.940. The van der Waals surface area contributed by atoms with Crippen molar-refractivity contribution in [1.29, 1.82) is 0 Å². The minimum Gasteiger partial charge on any atom is -0.288 e. The lowest BCUT2D eigenvalue weighted by Gasteiger charge is -2.45. The lowest BCUT2D eigenvalue weighted by atomic mass is 9.63. The largest absolute Gasteiger partial charge is 0.288 e. The van der Waals surface area contributed by atoms with E-state index >= 15 is 0 Å². The van der Waals surface area contributed by atoms with Crippen molar-refractivity contribution in [3.8, 4) is 0 Å². The highest BCUT2D eigenvalue weighted by Crippen LogP contribution is 2.50. The second-order valence-electron chi connectivity index (χ2n) is 20.5. The normalized spacial score (nSPS) is 16.5. The van der Waals surface area contributed by atoms with Crippen LogP contribution in [0.4, 0.5) is 0 Å². The summed E-state index contributed by atoms with van der Waals surface area (Å²) in [5.41, 5.74) is 2.92. The molecule has 372 valence electrons. The Morgan fingerprint density at radius 1 is 0.625 bits per heavy atom. The lowest BCUT2D eigenvalue weighted by molar-refractivity contribution is -0.110. The zero-order valence-electron chi connectivity index (χ0n) is 44.2. The Balaban J connectivity index is -0.00000195. The number of hydrogen-bond acceptors (Lipinski definition) is 9.